The van der Waals surface area contributed by atoms with Gasteiger partial charge in [0.05, 0.1) is 25.6 Å². The number of hydrogen-bond acceptors (Lipinski definition) is 4. The van der Waals surface area contributed by atoms with E-state index in [1.807, 2.05) is 73.3 Å². The van der Waals surface area contributed by atoms with E-state index in [2.05, 4.69) is 11.4 Å². The quantitative estimate of drug-likeness (QED) is 0.389. The molecule has 0 radical (unpaired) electrons. The molecular formula is C29H34N2O3S. The second-order valence-corrected chi connectivity index (χ2v) is 9.94. The van der Waals surface area contributed by atoms with Crippen molar-refractivity contribution in [2.45, 2.75) is 45.1 Å². The Balaban J connectivity index is 1.59. The molecule has 35 heavy (non-hydrogen) atoms. The van der Waals surface area contributed by atoms with Crippen molar-refractivity contribution in [2.24, 2.45) is 0 Å². The maximum absolute atomic E-state index is 13.8. The van der Waals surface area contributed by atoms with Gasteiger partial charge in [-0.3, -0.25) is 9.59 Å². The van der Waals surface area contributed by atoms with Crippen molar-refractivity contribution >= 4 is 23.2 Å². The lowest BCUT2D eigenvalue weighted by Crippen LogP contribution is -2.47. The Morgan fingerprint density at radius 3 is 2.49 bits per heavy atom. The minimum absolute atomic E-state index is 0.00705. The fourth-order valence-corrected chi connectivity index (χ4v) is 5.88. The molecular weight excluding hydrogens is 456 g/mol. The molecule has 2 heterocycles. The van der Waals surface area contributed by atoms with Crippen LogP contribution < -0.4 is 4.74 Å². The van der Waals surface area contributed by atoms with E-state index in [1.165, 1.54) is 10.4 Å². The highest BCUT2D eigenvalue weighted by molar-refractivity contribution is 7.10. The molecule has 2 atom stereocenters. The Morgan fingerprint density at radius 2 is 1.83 bits per heavy atom. The van der Waals surface area contributed by atoms with Crippen LogP contribution in [0.2, 0.25) is 0 Å². The number of thiophene rings is 1. The van der Waals surface area contributed by atoms with E-state index in [0.29, 0.717) is 19.5 Å². The van der Waals surface area contributed by atoms with Gasteiger partial charge in [0, 0.05) is 18.0 Å². The summed E-state index contributed by atoms with van der Waals surface area (Å²) >= 11 is 1.75. The predicted molar refractivity (Wildman–Crippen MR) is 141 cm³/mol. The van der Waals surface area contributed by atoms with Gasteiger partial charge >= 0.3 is 0 Å². The maximum Gasteiger partial charge on any atom is 0.242 e. The fourth-order valence-electron chi connectivity index (χ4n) is 4.98. The molecule has 2 aromatic carbocycles. The maximum atomic E-state index is 13.8. The zero-order valence-corrected chi connectivity index (χ0v) is 21.6. The van der Waals surface area contributed by atoms with Crippen molar-refractivity contribution in [1.29, 1.82) is 0 Å². The number of ether oxygens (including phenoxy) is 1. The van der Waals surface area contributed by atoms with Gasteiger partial charge in [-0.25, -0.2) is 0 Å². The number of benzene rings is 2. The van der Waals surface area contributed by atoms with Gasteiger partial charge < -0.3 is 14.5 Å². The van der Waals surface area contributed by atoms with Gasteiger partial charge in [0.25, 0.3) is 0 Å². The first kappa shape index (κ1) is 25.0. The van der Waals surface area contributed by atoms with E-state index in [-0.39, 0.29) is 30.3 Å². The van der Waals surface area contributed by atoms with Crippen LogP contribution in [0.3, 0.4) is 0 Å². The first-order valence-corrected chi connectivity index (χ1v) is 13.3. The highest BCUT2D eigenvalue weighted by Crippen LogP contribution is 2.38. The third-order valence-corrected chi connectivity index (χ3v) is 7.75. The Hall–Kier alpha value is -3.12. The second-order valence-electron chi connectivity index (χ2n) is 8.94. The van der Waals surface area contributed by atoms with Gasteiger partial charge in [-0.15, -0.1) is 11.3 Å². The molecule has 4 rings (SSSR count). The topological polar surface area (TPSA) is 49.9 Å². The van der Waals surface area contributed by atoms with Gasteiger partial charge in [-0.1, -0.05) is 56.3 Å². The number of fused-ring (bicyclic) bond motifs is 1. The summed E-state index contributed by atoms with van der Waals surface area (Å²) in [4.78, 5) is 32.4. The third-order valence-electron chi connectivity index (χ3n) is 6.76. The first-order chi connectivity index (χ1) is 17.1. The molecule has 1 aliphatic rings. The molecule has 3 aromatic rings. The van der Waals surface area contributed by atoms with Gasteiger partial charge in [0.1, 0.15) is 5.75 Å². The summed E-state index contributed by atoms with van der Waals surface area (Å²) in [5, 5.41) is 2.10. The summed E-state index contributed by atoms with van der Waals surface area (Å²) in [6.45, 7) is 5.39. The average molecular weight is 491 g/mol. The second kappa shape index (κ2) is 11.5. The zero-order valence-electron chi connectivity index (χ0n) is 20.8. The van der Waals surface area contributed by atoms with Crippen LogP contribution in [0.4, 0.5) is 0 Å². The van der Waals surface area contributed by atoms with Crippen LogP contribution >= 0.6 is 11.3 Å². The van der Waals surface area contributed by atoms with E-state index in [9.17, 15) is 9.59 Å². The van der Waals surface area contributed by atoms with Gasteiger partial charge in [-0.2, -0.15) is 0 Å². The van der Waals surface area contributed by atoms with Crippen molar-refractivity contribution in [1.82, 2.24) is 9.80 Å². The van der Waals surface area contributed by atoms with Crippen molar-refractivity contribution in [3.05, 3.63) is 87.6 Å². The molecule has 0 saturated heterocycles. The Bertz CT molecular complexity index is 1130. The van der Waals surface area contributed by atoms with Crippen LogP contribution in [0.25, 0.3) is 0 Å². The molecule has 184 valence electrons. The number of amides is 2. The molecule has 0 spiro atoms. The summed E-state index contributed by atoms with van der Waals surface area (Å²) in [6.07, 6.45) is 2.35. The number of rotatable bonds is 9. The average Bonchev–Trinajstić information content (AvgIpc) is 3.38. The van der Waals surface area contributed by atoms with Gasteiger partial charge in [-0.05, 0) is 59.5 Å². The van der Waals surface area contributed by atoms with E-state index in [0.717, 1.165) is 29.7 Å². The fraction of sp³-hybridized carbons (Fsp3) is 0.379. The molecule has 2 amide bonds. The molecule has 1 aliphatic heterocycles. The smallest absolute Gasteiger partial charge is 0.242 e. The number of methoxy groups -OCH3 is 1. The number of carbonyl (C=O) groups is 2. The molecule has 0 fully saturated rings. The highest BCUT2D eigenvalue weighted by Gasteiger charge is 2.34. The summed E-state index contributed by atoms with van der Waals surface area (Å²) in [7, 11) is 1.65. The lowest BCUT2D eigenvalue weighted by molar-refractivity contribution is -0.142. The van der Waals surface area contributed by atoms with E-state index < -0.39 is 0 Å². The Kier molecular flexibility index (Phi) is 8.24. The number of carbonyl (C=O) groups excluding carboxylic acids is 2. The lowest BCUT2D eigenvalue weighted by Gasteiger charge is -2.38. The Labute approximate surface area is 212 Å². The summed E-state index contributed by atoms with van der Waals surface area (Å²) in [5.41, 5.74) is 3.25. The number of hydrogen-bond donors (Lipinski definition) is 0. The molecule has 0 saturated carbocycles. The van der Waals surface area contributed by atoms with Crippen molar-refractivity contribution < 1.29 is 14.3 Å². The summed E-state index contributed by atoms with van der Waals surface area (Å²) in [5.74, 6) is 0.576. The Morgan fingerprint density at radius 1 is 1.09 bits per heavy atom. The van der Waals surface area contributed by atoms with E-state index in [1.54, 1.807) is 23.3 Å². The molecule has 6 heteroatoms. The molecule has 2 unspecified atom stereocenters. The minimum atomic E-state index is -0.238. The van der Waals surface area contributed by atoms with E-state index >= 15 is 0 Å². The molecule has 0 bridgehead atoms. The van der Waals surface area contributed by atoms with Crippen LogP contribution in [0.5, 0.6) is 5.75 Å². The van der Waals surface area contributed by atoms with Crippen LogP contribution in [-0.4, -0.2) is 48.4 Å². The van der Waals surface area contributed by atoms with Crippen LogP contribution in [0, 0.1) is 0 Å². The van der Waals surface area contributed by atoms with Gasteiger partial charge in [0.15, 0.2) is 0 Å². The predicted octanol–water partition coefficient (Wildman–Crippen LogP) is 5.66. The molecule has 1 aromatic heterocycles. The van der Waals surface area contributed by atoms with Crippen molar-refractivity contribution in [2.75, 3.05) is 26.7 Å². The zero-order chi connectivity index (χ0) is 24.8. The minimum Gasteiger partial charge on any atom is -0.497 e. The molecule has 0 aliphatic carbocycles. The number of nitrogens with zero attached hydrogens (tertiary/aromatic N) is 2. The molecule has 5 nitrogen and oxygen atoms in total. The normalized spacial score (nSPS) is 15.9. The monoisotopic (exact) mass is 490 g/mol. The third kappa shape index (κ3) is 5.43. The lowest BCUT2D eigenvalue weighted by atomic mass is 9.92. The SMILES string of the molecule is CCCN(CC(=O)N1CCc2sccc2C1c1ccc(OC)cc1)C(=O)C(CC)c1ccccc1. The van der Waals surface area contributed by atoms with Crippen LogP contribution in [0.1, 0.15) is 60.2 Å². The van der Waals surface area contributed by atoms with Crippen LogP contribution in [0.15, 0.2) is 66.0 Å². The first-order valence-electron chi connectivity index (χ1n) is 12.4. The summed E-state index contributed by atoms with van der Waals surface area (Å²) < 4.78 is 5.34. The van der Waals surface area contributed by atoms with Crippen molar-refractivity contribution in [3.8, 4) is 5.75 Å². The van der Waals surface area contributed by atoms with Crippen LogP contribution in [-0.2, 0) is 16.0 Å². The largest absolute Gasteiger partial charge is 0.497 e. The van der Waals surface area contributed by atoms with E-state index in [4.69, 9.17) is 4.74 Å². The highest BCUT2D eigenvalue weighted by atomic mass is 32.1. The standard InChI is InChI=1S/C29H34N2O3S/c1-4-17-30(29(33)24(5-2)21-9-7-6-8-10-21)20-27(32)31-18-15-26-25(16-19-35-26)28(31)22-11-13-23(34-3)14-12-22/h6-14,16,19,24,28H,4-5,15,17-18,20H2,1-3H3. The summed E-state index contributed by atoms with van der Waals surface area (Å²) in [6, 6.07) is 19.8. The molecule has 0 N–H and O–H groups in total. The van der Waals surface area contributed by atoms with Gasteiger partial charge in [0.2, 0.25) is 11.8 Å². The van der Waals surface area contributed by atoms with Crippen molar-refractivity contribution in [3.63, 3.8) is 0 Å².